The number of nitrogens with one attached hydrogen (secondary N) is 1. The minimum atomic E-state index is 0.310. The van der Waals surface area contributed by atoms with Crippen LogP contribution in [0.3, 0.4) is 0 Å². The second kappa shape index (κ2) is 6.12. The van der Waals surface area contributed by atoms with Gasteiger partial charge in [0.15, 0.2) is 0 Å². The second-order valence-corrected chi connectivity index (χ2v) is 5.69. The minimum Gasteiger partial charge on any atom is -0.311 e. The Morgan fingerprint density at radius 1 is 1.22 bits per heavy atom. The summed E-state index contributed by atoms with van der Waals surface area (Å²) in [6.45, 7) is 4.37. The van der Waals surface area contributed by atoms with Crippen LogP contribution in [-0.2, 0) is 6.42 Å². The summed E-state index contributed by atoms with van der Waals surface area (Å²) < 4.78 is 0. The fourth-order valence-corrected chi connectivity index (χ4v) is 2.98. The molecule has 0 saturated heterocycles. The highest BCUT2D eigenvalue weighted by Gasteiger charge is 2.15. The zero-order valence-corrected chi connectivity index (χ0v) is 12.0. The summed E-state index contributed by atoms with van der Waals surface area (Å²) in [5, 5.41) is 6.73. The topological polar surface area (TPSA) is 24.9 Å². The molecule has 1 aromatic carbocycles. The van der Waals surface area contributed by atoms with Crippen molar-refractivity contribution in [2.24, 2.45) is 0 Å². The average Bonchev–Trinajstić information content (AvgIpc) is 2.87. The van der Waals surface area contributed by atoms with Crippen LogP contribution in [0.25, 0.3) is 0 Å². The largest absolute Gasteiger partial charge is 0.311 e. The molecule has 0 fully saturated rings. The Kier molecular flexibility index (Phi) is 4.50. The van der Waals surface area contributed by atoms with Crippen LogP contribution in [0.4, 0.5) is 0 Å². The monoisotopic (exact) mass is 260 g/mol. The van der Waals surface area contributed by atoms with Gasteiger partial charge >= 0.3 is 0 Å². The van der Waals surface area contributed by atoms with Crippen LogP contribution in [0.5, 0.6) is 0 Å². The second-order valence-electron chi connectivity index (χ2n) is 4.80. The molecule has 18 heavy (non-hydrogen) atoms. The Morgan fingerprint density at radius 3 is 2.50 bits per heavy atom. The fourth-order valence-electron chi connectivity index (χ4n) is 1.89. The summed E-state index contributed by atoms with van der Waals surface area (Å²) in [6, 6.07) is 10.9. The lowest BCUT2D eigenvalue weighted by atomic mass is 10.1. The molecule has 0 bridgehead atoms. The van der Waals surface area contributed by atoms with Crippen LogP contribution in [-0.4, -0.2) is 12.0 Å². The lowest BCUT2D eigenvalue weighted by Crippen LogP contribution is -2.18. The van der Waals surface area contributed by atoms with Crippen molar-refractivity contribution in [2.75, 3.05) is 7.05 Å². The summed E-state index contributed by atoms with van der Waals surface area (Å²) in [5.41, 5.74) is 2.54. The molecular formula is C15H20N2S. The first-order valence-electron chi connectivity index (χ1n) is 6.37. The lowest BCUT2D eigenvalue weighted by molar-refractivity contribution is 0.585. The molecule has 1 N–H and O–H groups in total. The summed E-state index contributed by atoms with van der Waals surface area (Å²) in [5.74, 6) is 0.504. The molecule has 1 heterocycles. The van der Waals surface area contributed by atoms with Crippen molar-refractivity contribution in [3.8, 4) is 0 Å². The zero-order chi connectivity index (χ0) is 13.0. The molecule has 0 aliphatic carbocycles. The fraction of sp³-hybridized carbons (Fsp3) is 0.400. The Balaban J connectivity index is 2.13. The molecule has 1 aromatic heterocycles. The normalized spacial score (nSPS) is 12.9. The van der Waals surface area contributed by atoms with Crippen LogP contribution >= 0.6 is 11.3 Å². The number of likely N-dealkylation sites (N-methyl/N-ethyl adjacent to an activating group) is 1. The third kappa shape index (κ3) is 3.18. The Morgan fingerprint density at radius 2 is 1.94 bits per heavy atom. The molecule has 0 aliphatic rings. The quantitative estimate of drug-likeness (QED) is 0.885. The predicted octanol–water partition coefficient (Wildman–Crippen LogP) is 3.77. The maximum Gasteiger partial charge on any atom is 0.110 e. The van der Waals surface area contributed by atoms with Gasteiger partial charge < -0.3 is 5.32 Å². The van der Waals surface area contributed by atoms with Crippen LogP contribution in [0.2, 0.25) is 0 Å². The van der Waals surface area contributed by atoms with E-state index in [4.69, 9.17) is 4.98 Å². The van der Waals surface area contributed by atoms with E-state index in [0.29, 0.717) is 12.0 Å². The molecule has 0 amide bonds. The van der Waals surface area contributed by atoms with Crippen LogP contribution in [0.15, 0.2) is 35.7 Å². The van der Waals surface area contributed by atoms with E-state index in [1.165, 1.54) is 16.3 Å². The predicted molar refractivity (Wildman–Crippen MR) is 78.1 cm³/mol. The molecule has 1 atom stereocenters. The first-order chi connectivity index (χ1) is 8.70. The van der Waals surface area contributed by atoms with Crippen molar-refractivity contribution < 1.29 is 0 Å². The molecule has 1 unspecified atom stereocenters. The van der Waals surface area contributed by atoms with Gasteiger partial charge in [-0.3, -0.25) is 0 Å². The molecule has 2 nitrogen and oxygen atoms in total. The number of nitrogens with zero attached hydrogens (tertiary/aromatic N) is 1. The van der Waals surface area contributed by atoms with E-state index < -0.39 is 0 Å². The summed E-state index contributed by atoms with van der Waals surface area (Å²) in [6.07, 6.45) is 0.988. The van der Waals surface area contributed by atoms with Crippen molar-refractivity contribution in [3.63, 3.8) is 0 Å². The SMILES string of the molecule is CNC(Cc1ccccc1)c1nc(C(C)C)cs1. The van der Waals surface area contributed by atoms with E-state index >= 15 is 0 Å². The van der Waals surface area contributed by atoms with Crippen molar-refractivity contribution in [3.05, 3.63) is 52.0 Å². The first kappa shape index (κ1) is 13.2. The number of aromatic nitrogens is 1. The average molecular weight is 260 g/mol. The number of rotatable bonds is 5. The van der Waals surface area contributed by atoms with Gasteiger partial charge in [-0.1, -0.05) is 44.2 Å². The summed E-state index contributed by atoms with van der Waals surface area (Å²) in [7, 11) is 2.00. The standard InChI is InChI=1S/C15H20N2S/c1-11(2)14-10-18-15(17-14)13(16-3)9-12-7-5-4-6-8-12/h4-8,10-11,13,16H,9H2,1-3H3. The van der Waals surface area contributed by atoms with Gasteiger partial charge in [-0.15, -0.1) is 11.3 Å². The molecule has 2 aromatic rings. The molecule has 96 valence electrons. The maximum absolute atomic E-state index is 4.73. The highest BCUT2D eigenvalue weighted by molar-refractivity contribution is 7.09. The van der Waals surface area contributed by atoms with Crippen LogP contribution in [0, 0.1) is 0 Å². The van der Waals surface area contributed by atoms with Gasteiger partial charge in [0, 0.05) is 5.38 Å². The van der Waals surface area contributed by atoms with E-state index in [2.05, 4.69) is 54.9 Å². The third-order valence-electron chi connectivity index (χ3n) is 3.06. The van der Waals surface area contributed by atoms with Gasteiger partial charge in [0.25, 0.3) is 0 Å². The highest BCUT2D eigenvalue weighted by Crippen LogP contribution is 2.25. The molecule has 0 aliphatic heterocycles. The minimum absolute atomic E-state index is 0.310. The molecule has 0 saturated carbocycles. The number of hydrogen-bond donors (Lipinski definition) is 1. The highest BCUT2D eigenvalue weighted by atomic mass is 32.1. The van der Waals surface area contributed by atoms with Gasteiger partial charge in [-0.05, 0) is 24.9 Å². The maximum atomic E-state index is 4.73. The van der Waals surface area contributed by atoms with E-state index in [1.54, 1.807) is 11.3 Å². The first-order valence-corrected chi connectivity index (χ1v) is 7.25. The van der Waals surface area contributed by atoms with Gasteiger partial charge in [-0.2, -0.15) is 0 Å². The van der Waals surface area contributed by atoms with Gasteiger partial charge in [0.1, 0.15) is 5.01 Å². The van der Waals surface area contributed by atoms with Crippen molar-refractivity contribution in [1.29, 1.82) is 0 Å². The van der Waals surface area contributed by atoms with Crippen molar-refractivity contribution >= 4 is 11.3 Å². The molecule has 0 spiro atoms. The molecule has 0 radical (unpaired) electrons. The van der Waals surface area contributed by atoms with Crippen LogP contribution < -0.4 is 5.32 Å². The van der Waals surface area contributed by atoms with Crippen LogP contribution in [0.1, 0.15) is 42.1 Å². The molecule has 3 heteroatoms. The lowest BCUT2D eigenvalue weighted by Gasteiger charge is -2.13. The number of hydrogen-bond acceptors (Lipinski definition) is 3. The van der Waals surface area contributed by atoms with E-state index in [0.717, 1.165) is 6.42 Å². The van der Waals surface area contributed by atoms with Crippen molar-refractivity contribution in [1.82, 2.24) is 10.3 Å². The Hall–Kier alpha value is -1.19. The number of benzene rings is 1. The summed E-state index contributed by atoms with van der Waals surface area (Å²) in [4.78, 5) is 4.73. The summed E-state index contributed by atoms with van der Waals surface area (Å²) >= 11 is 1.76. The van der Waals surface area contributed by atoms with E-state index in [9.17, 15) is 0 Å². The van der Waals surface area contributed by atoms with E-state index in [1.807, 2.05) is 7.05 Å². The Labute approximate surface area is 113 Å². The zero-order valence-electron chi connectivity index (χ0n) is 11.2. The third-order valence-corrected chi connectivity index (χ3v) is 4.04. The van der Waals surface area contributed by atoms with Gasteiger partial charge in [-0.25, -0.2) is 4.98 Å². The molecular weight excluding hydrogens is 240 g/mol. The van der Waals surface area contributed by atoms with Gasteiger partial charge in [0.05, 0.1) is 11.7 Å². The smallest absolute Gasteiger partial charge is 0.110 e. The van der Waals surface area contributed by atoms with Gasteiger partial charge in [0.2, 0.25) is 0 Å². The Bertz CT molecular complexity index is 476. The molecule has 2 rings (SSSR count). The number of thiazole rings is 1. The van der Waals surface area contributed by atoms with Crippen molar-refractivity contribution in [2.45, 2.75) is 32.2 Å². The van der Waals surface area contributed by atoms with E-state index in [-0.39, 0.29) is 0 Å².